The number of fused-ring (bicyclic) bond motifs is 1. The Kier molecular flexibility index (Phi) is 3.23. The van der Waals surface area contributed by atoms with Crippen LogP contribution >= 0.6 is 0 Å². The van der Waals surface area contributed by atoms with Crippen molar-refractivity contribution in [2.75, 3.05) is 5.32 Å². The molecule has 0 spiro atoms. The number of halogens is 1. The zero-order valence-electron chi connectivity index (χ0n) is 10.3. The number of hydrogen-bond donors (Lipinski definition) is 2. The van der Waals surface area contributed by atoms with Gasteiger partial charge in [0.2, 0.25) is 0 Å². The Morgan fingerprint density at radius 1 is 1.21 bits per heavy atom. The van der Waals surface area contributed by atoms with Gasteiger partial charge in [0, 0.05) is 12.0 Å². The van der Waals surface area contributed by atoms with Gasteiger partial charge < -0.3 is 15.0 Å². The van der Waals surface area contributed by atoms with E-state index < -0.39 is 12.9 Å². The van der Waals surface area contributed by atoms with Gasteiger partial charge >= 0.3 is 7.12 Å². The summed E-state index contributed by atoms with van der Waals surface area (Å²) in [5, 5.41) is 12.6. The van der Waals surface area contributed by atoms with E-state index >= 15 is 0 Å². The largest absolute Gasteiger partial charge is 0.494 e. The standard InChI is InChI=1S/C14H13BFNO2/c16-14-12(17-8-10-4-2-1-3-5-10)7-6-11-9-19-15(18)13(11)14/h1-7,17-18H,8-9H2. The van der Waals surface area contributed by atoms with Gasteiger partial charge in [-0.15, -0.1) is 0 Å². The number of nitrogens with one attached hydrogen (secondary N) is 1. The molecule has 1 aliphatic heterocycles. The Bertz CT molecular complexity index is 591. The second-order valence-electron chi connectivity index (χ2n) is 4.50. The van der Waals surface area contributed by atoms with Gasteiger partial charge in [0.1, 0.15) is 5.82 Å². The van der Waals surface area contributed by atoms with E-state index in [0.717, 1.165) is 5.56 Å². The van der Waals surface area contributed by atoms with Crippen molar-refractivity contribution >= 4 is 18.3 Å². The molecule has 5 heteroatoms. The highest BCUT2D eigenvalue weighted by Crippen LogP contribution is 2.19. The number of hydrogen-bond acceptors (Lipinski definition) is 3. The third kappa shape index (κ3) is 2.34. The molecule has 2 aromatic carbocycles. The molecule has 0 aliphatic carbocycles. The van der Waals surface area contributed by atoms with Gasteiger partial charge in [-0.1, -0.05) is 36.4 Å². The van der Waals surface area contributed by atoms with E-state index in [-0.39, 0.29) is 12.1 Å². The molecule has 2 aromatic rings. The fourth-order valence-corrected chi connectivity index (χ4v) is 2.21. The van der Waals surface area contributed by atoms with Crippen LogP contribution in [0.2, 0.25) is 0 Å². The van der Waals surface area contributed by atoms with Crippen molar-refractivity contribution in [1.29, 1.82) is 0 Å². The molecule has 0 bridgehead atoms. The average Bonchev–Trinajstić information content (AvgIpc) is 2.82. The third-order valence-corrected chi connectivity index (χ3v) is 3.24. The second kappa shape index (κ2) is 5.03. The summed E-state index contributed by atoms with van der Waals surface area (Å²) in [6.45, 7) is 0.792. The van der Waals surface area contributed by atoms with Gasteiger partial charge in [-0.2, -0.15) is 0 Å². The smallest absolute Gasteiger partial charge is 0.423 e. The van der Waals surface area contributed by atoms with Crippen LogP contribution in [0.5, 0.6) is 0 Å². The monoisotopic (exact) mass is 257 g/mol. The van der Waals surface area contributed by atoms with Crippen LogP contribution in [0.4, 0.5) is 10.1 Å². The van der Waals surface area contributed by atoms with Gasteiger partial charge in [-0.3, -0.25) is 0 Å². The molecule has 0 atom stereocenters. The highest BCUT2D eigenvalue weighted by atomic mass is 19.1. The van der Waals surface area contributed by atoms with Crippen LogP contribution in [0, 0.1) is 5.82 Å². The summed E-state index contributed by atoms with van der Waals surface area (Å²) < 4.78 is 19.2. The van der Waals surface area contributed by atoms with Crippen molar-refractivity contribution in [3.63, 3.8) is 0 Å². The van der Waals surface area contributed by atoms with E-state index in [4.69, 9.17) is 4.65 Å². The molecule has 0 fully saturated rings. The molecule has 0 saturated carbocycles. The molecule has 0 saturated heterocycles. The second-order valence-corrected chi connectivity index (χ2v) is 4.50. The third-order valence-electron chi connectivity index (χ3n) is 3.24. The first-order valence-electron chi connectivity index (χ1n) is 6.14. The van der Waals surface area contributed by atoms with Crippen molar-refractivity contribution in [3.05, 3.63) is 59.4 Å². The van der Waals surface area contributed by atoms with Crippen molar-refractivity contribution in [3.8, 4) is 0 Å². The van der Waals surface area contributed by atoms with E-state index in [1.807, 2.05) is 30.3 Å². The molecule has 0 radical (unpaired) electrons. The Morgan fingerprint density at radius 3 is 2.79 bits per heavy atom. The maximum atomic E-state index is 14.2. The van der Waals surface area contributed by atoms with E-state index in [1.165, 1.54) is 0 Å². The van der Waals surface area contributed by atoms with Crippen LogP contribution in [0.15, 0.2) is 42.5 Å². The van der Waals surface area contributed by atoms with E-state index in [0.29, 0.717) is 17.8 Å². The van der Waals surface area contributed by atoms with Gasteiger partial charge in [0.15, 0.2) is 0 Å². The van der Waals surface area contributed by atoms with E-state index in [2.05, 4.69) is 5.32 Å². The summed E-state index contributed by atoms with van der Waals surface area (Å²) in [7, 11) is -1.16. The summed E-state index contributed by atoms with van der Waals surface area (Å²) in [4.78, 5) is 0. The van der Waals surface area contributed by atoms with Crippen LogP contribution < -0.4 is 10.8 Å². The Balaban J connectivity index is 1.81. The Labute approximate surface area is 111 Å². The molecule has 3 rings (SSSR count). The van der Waals surface area contributed by atoms with Crippen molar-refractivity contribution < 1.29 is 14.1 Å². The first-order chi connectivity index (χ1) is 9.25. The van der Waals surface area contributed by atoms with Gasteiger partial charge in [0.25, 0.3) is 0 Å². The molecule has 0 amide bonds. The summed E-state index contributed by atoms with van der Waals surface area (Å²) in [6, 6.07) is 13.2. The lowest BCUT2D eigenvalue weighted by Gasteiger charge is -2.10. The van der Waals surface area contributed by atoms with Crippen molar-refractivity contribution in [2.45, 2.75) is 13.2 Å². The molecule has 1 aliphatic rings. The maximum Gasteiger partial charge on any atom is 0.494 e. The molecule has 2 N–H and O–H groups in total. The fraction of sp³-hybridized carbons (Fsp3) is 0.143. The minimum atomic E-state index is -1.16. The molecule has 0 unspecified atom stereocenters. The summed E-state index contributed by atoms with van der Waals surface area (Å²) >= 11 is 0. The Hall–Kier alpha value is -1.85. The van der Waals surface area contributed by atoms with Crippen LogP contribution in [0.1, 0.15) is 11.1 Å². The van der Waals surface area contributed by atoms with Crippen LogP contribution in [0.25, 0.3) is 0 Å². The SMILES string of the molecule is OB1OCc2ccc(NCc3ccccc3)c(F)c21. The Morgan fingerprint density at radius 2 is 2.00 bits per heavy atom. The quantitative estimate of drug-likeness (QED) is 0.821. The van der Waals surface area contributed by atoms with Gasteiger partial charge in [-0.05, 0) is 17.2 Å². The number of rotatable bonds is 3. The maximum absolute atomic E-state index is 14.2. The normalized spacial score (nSPS) is 13.5. The summed E-state index contributed by atoms with van der Waals surface area (Å²) in [5.74, 6) is -0.432. The molecule has 1 heterocycles. The molecule has 96 valence electrons. The number of benzene rings is 2. The minimum Gasteiger partial charge on any atom is -0.423 e. The highest BCUT2D eigenvalue weighted by Gasteiger charge is 2.31. The first kappa shape index (κ1) is 12.2. The predicted molar refractivity (Wildman–Crippen MR) is 72.6 cm³/mol. The molecule has 3 nitrogen and oxygen atoms in total. The lowest BCUT2D eigenvalue weighted by atomic mass is 9.79. The molecular weight excluding hydrogens is 244 g/mol. The van der Waals surface area contributed by atoms with Crippen LogP contribution in [0.3, 0.4) is 0 Å². The van der Waals surface area contributed by atoms with Crippen molar-refractivity contribution in [1.82, 2.24) is 0 Å². The van der Waals surface area contributed by atoms with Gasteiger partial charge in [-0.25, -0.2) is 4.39 Å². The number of anilines is 1. The highest BCUT2D eigenvalue weighted by molar-refractivity contribution is 6.61. The minimum absolute atomic E-state index is 0.248. The van der Waals surface area contributed by atoms with Crippen molar-refractivity contribution in [2.24, 2.45) is 0 Å². The zero-order chi connectivity index (χ0) is 13.2. The summed E-state index contributed by atoms with van der Waals surface area (Å²) in [5.41, 5.74) is 2.40. The van der Waals surface area contributed by atoms with Gasteiger partial charge in [0.05, 0.1) is 12.3 Å². The zero-order valence-corrected chi connectivity index (χ0v) is 10.3. The van der Waals surface area contributed by atoms with Crippen LogP contribution in [-0.4, -0.2) is 12.1 Å². The molecule has 0 aromatic heterocycles. The summed E-state index contributed by atoms with van der Waals surface area (Å²) in [6.07, 6.45) is 0. The lowest BCUT2D eigenvalue weighted by Crippen LogP contribution is -2.31. The fourth-order valence-electron chi connectivity index (χ4n) is 2.21. The van der Waals surface area contributed by atoms with E-state index in [1.54, 1.807) is 12.1 Å². The average molecular weight is 257 g/mol. The molecule has 19 heavy (non-hydrogen) atoms. The topological polar surface area (TPSA) is 41.5 Å². The van der Waals surface area contributed by atoms with E-state index in [9.17, 15) is 9.41 Å². The van der Waals surface area contributed by atoms with Crippen LogP contribution in [-0.2, 0) is 17.8 Å². The molecular formula is C14H13BFNO2. The first-order valence-corrected chi connectivity index (χ1v) is 6.14. The predicted octanol–water partition coefficient (Wildman–Crippen LogP) is 1.66. The lowest BCUT2D eigenvalue weighted by molar-refractivity contribution is 0.275.